The van der Waals surface area contributed by atoms with Crippen LogP contribution < -0.4 is 20.4 Å². The lowest BCUT2D eigenvalue weighted by atomic mass is 9.84. The highest BCUT2D eigenvalue weighted by molar-refractivity contribution is 5.88. The van der Waals surface area contributed by atoms with Crippen LogP contribution in [0.4, 0.5) is 5.69 Å². The maximum atomic E-state index is 13.9. The minimum absolute atomic E-state index is 0.170. The molecular formula is C25H25NO7. The second-order valence-corrected chi connectivity index (χ2v) is 8.97. The molecule has 2 aliphatic rings. The van der Waals surface area contributed by atoms with Crippen molar-refractivity contribution in [2.45, 2.75) is 44.0 Å². The summed E-state index contributed by atoms with van der Waals surface area (Å²) >= 11 is 0. The summed E-state index contributed by atoms with van der Waals surface area (Å²) < 4.78 is 17.7. The van der Waals surface area contributed by atoms with Gasteiger partial charge < -0.3 is 24.1 Å². The second kappa shape index (κ2) is 7.62. The minimum Gasteiger partial charge on any atom is -0.495 e. The topological polar surface area (TPSA) is 121 Å². The lowest BCUT2D eigenvalue weighted by Gasteiger charge is -2.24. The molecule has 0 radical (unpaired) electrons. The molecule has 4 N–H and O–H groups in total. The number of aliphatic hydroxyl groups excluding tert-OH is 1. The number of allylic oxidation sites excluding steroid dienone is 1. The Balaban J connectivity index is 1.73. The van der Waals surface area contributed by atoms with E-state index in [0.717, 1.165) is 5.56 Å². The molecular weight excluding hydrogens is 426 g/mol. The summed E-state index contributed by atoms with van der Waals surface area (Å²) in [5, 5.41) is 30.4. The summed E-state index contributed by atoms with van der Waals surface area (Å²) in [6.45, 7) is 3.34. The van der Waals surface area contributed by atoms with Crippen molar-refractivity contribution in [1.29, 1.82) is 0 Å². The quantitative estimate of drug-likeness (QED) is 0.352. The van der Waals surface area contributed by atoms with Crippen LogP contribution in [0.25, 0.3) is 11.0 Å². The normalized spacial score (nSPS) is 21.5. The van der Waals surface area contributed by atoms with Crippen molar-refractivity contribution in [3.05, 3.63) is 75.2 Å². The molecule has 0 bridgehead atoms. The Morgan fingerprint density at radius 1 is 1.18 bits per heavy atom. The Kier molecular flexibility index (Phi) is 4.97. The minimum atomic E-state index is -1.09. The molecule has 1 aromatic heterocycles. The fraction of sp³-hybridized carbons (Fsp3) is 0.320. The summed E-state index contributed by atoms with van der Waals surface area (Å²) in [6.07, 6.45) is 2.17. The van der Waals surface area contributed by atoms with Crippen LogP contribution in [-0.4, -0.2) is 34.2 Å². The number of methoxy groups -OCH3 is 1. The van der Waals surface area contributed by atoms with E-state index in [2.05, 4.69) is 5.48 Å². The molecule has 33 heavy (non-hydrogen) atoms. The van der Waals surface area contributed by atoms with Gasteiger partial charge in [-0.15, -0.1) is 0 Å². The molecule has 3 aromatic rings. The monoisotopic (exact) mass is 451 g/mol. The van der Waals surface area contributed by atoms with Gasteiger partial charge in [-0.05, 0) is 31.5 Å². The molecule has 1 aliphatic carbocycles. The average molecular weight is 451 g/mol. The predicted octanol–water partition coefficient (Wildman–Crippen LogP) is 3.41. The van der Waals surface area contributed by atoms with Gasteiger partial charge in [-0.2, -0.15) is 0 Å². The van der Waals surface area contributed by atoms with Gasteiger partial charge in [0, 0.05) is 24.0 Å². The Bertz CT molecular complexity index is 1320. The summed E-state index contributed by atoms with van der Waals surface area (Å²) in [6, 6.07) is 8.60. The SMILES string of the molecule is COc1c2c(cc3oc4c(c(=O)c13)[C@H](c1ccc(NO)cc1)C=C[C@@H]4O)O[C@@H](C(C)(C)O)C2. The van der Waals surface area contributed by atoms with Crippen LogP contribution in [0.2, 0.25) is 0 Å². The molecule has 0 saturated carbocycles. The summed E-state index contributed by atoms with van der Waals surface area (Å²) in [5.74, 6) is 0.561. The Morgan fingerprint density at radius 2 is 1.91 bits per heavy atom. The van der Waals surface area contributed by atoms with Crippen molar-refractivity contribution >= 4 is 16.7 Å². The van der Waals surface area contributed by atoms with Gasteiger partial charge in [-0.3, -0.25) is 15.5 Å². The molecule has 1 aliphatic heterocycles. The van der Waals surface area contributed by atoms with E-state index in [1.807, 2.05) is 0 Å². The first kappa shape index (κ1) is 21.5. The third kappa shape index (κ3) is 3.38. The third-order valence-corrected chi connectivity index (χ3v) is 6.38. The molecule has 172 valence electrons. The summed E-state index contributed by atoms with van der Waals surface area (Å²) in [5.41, 5.74) is 3.30. The lowest BCUT2D eigenvalue weighted by Crippen LogP contribution is -2.39. The highest BCUT2D eigenvalue weighted by Crippen LogP contribution is 2.45. The van der Waals surface area contributed by atoms with E-state index in [1.165, 1.54) is 7.11 Å². The molecule has 0 fully saturated rings. The fourth-order valence-corrected chi connectivity index (χ4v) is 4.62. The van der Waals surface area contributed by atoms with E-state index in [1.54, 1.807) is 56.3 Å². The first-order valence-corrected chi connectivity index (χ1v) is 10.7. The molecule has 8 nitrogen and oxygen atoms in total. The Morgan fingerprint density at radius 3 is 2.55 bits per heavy atom. The zero-order valence-electron chi connectivity index (χ0n) is 18.5. The Labute approximate surface area is 189 Å². The molecule has 8 heteroatoms. The molecule has 3 atom stereocenters. The zero-order chi connectivity index (χ0) is 23.5. The van der Waals surface area contributed by atoms with Crippen LogP contribution in [-0.2, 0) is 6.42 Å². The molecule has 2 heterocycles. The number of hydrogen-bond donors (Lipinski definition) is 4. The smallest absolute Gasteiger partial charge is 0.200 e. The summed E-state index contributed by atoms with van der Waals surface area (Å²) in [4.78, 5) is 13.9. The largest absolute Gasteiger partial charge is 0.495 e. The predicted molar refractivity (Wildman–Crippen MR) is 121 cm³/mol. The number of fused-ring (bicyclic) bond motifs is 3. The van der Waals surface area contributed by atoms with E-state index in [4.69, 9.17) is 19.1 Å². The van der Waals surface area contributed by atoms with Gasteiger partial charge in [0.2, 0.25) is 5.43 Å². The van der Waals surface area contributed by atoms with Gasteiger partial charge in [-0.1, -0.05) is 24.3 Å². The van der Waals surface area contributed by atoms with E-state index in [0.29, 0.717) is 34.7 Å². The Hall–Kier alpha value is -3.33. The third-order valence-electron chi connectivity index (χ3n) is 6.38. The number of rotatable bonds is 4. The number of nitrogens with one attached hydrogen (secondary N) is 1. The zero-order valence-corrected chi connectivity index (χ0v) is 18.5. The molecule has 0 amide bonds. The maximum Gasteiger partial charge on any atom is 0.200 e. The molecule has 5 rings (SSSR count). The lowest BCUT2D eigenvalue weighted by molar-refractivity contribution is -0.0229. The number of aliphatic hydroxyl groups is 2. The summed E-state index contributed by atoms with van der Waals surface area (Å²) in [7, 11) is 1.48. The molecule has 2 aromatic carbocycles. The average Bonchev–Trinajstić information content (AvgIpc) is 3.23. The maximum absolute atomic E-state index is 13.9. The number of anilines is 1. The van der Waals surface area contributed by atoms with Crippen LogP contribution in [0, 0.1) is 0 Å². The van der Waals surface area contributed by atoms with Gasteiger partial charge in [0.25, 0.3) is 0 Å². The van der Waals surface area contributed by atoms with Crippen molar-refractivity contribution in [3.8, 4) is 11.5 Å². The number of ether oxygens (including phenoxy) is 2. The van der Waals surface area contributed by atoms with Crippen LogP contribution in [0.15, 0.2) is 51.7 Å². The van der Waals surface area contributed by atoms with E-state index < -0.39 is 23.7 Å². The van der Waals surface area contributed by atoms with E-state index >= 15 is 0 Å². The van der Waals surface area contributed by atoms with Crippen LogP contribution >= 0.6 is 0 Å². The van der Waals surface area contributed by atoms with Crippen molar-refractivity contribution in [1.82, 2.24) is 0 Å². The van der Waals surface area contributed by atoms with Crippen molar-refractivity contribution < 1.29 is 29.3 Å². The fourth-order valence-electron chi connectivity index (χ4n) is 4.62. The number of benzene rings is 2. The van der Waals surface area contributed by atoms with Crippen LogP contribution in [0.3, 0.4) is 0 Å². The van der Waals surface area contributed by atoms with Crippen molar-refractivity contribution in [2.75, 3.05) is 12.6 Å². The van der Waals surface area contributed by atoms with Gasteiger partial charge in [0.05, 0.1) is 24.0 Å². The van der Waals surface area contributed by atoms with Gasteiger partial charge in [0.1, 0.15) is 40.4 Å². The van der Waals surface area contributed by atoms with E-state index in [9.17, 15) is 15.0 Å². The standard InChI is InChI=1S/C25H25NO7/c1-25(2,29)19-10-15-17(32-19)11-18-21(23(15)31-3)22(28)20-14(8-9-16(27)24(20)33-18)12-4-6-13(26-30)7-5-12/h4-9,11,14,16,19,26-27,29-30H,10H2,1-3H3/t14-,16-,19+/m0/s1. The number of hydrogen-bond acceptors (Lipinski definition) is 8. The van der Waals surface area contributed by atoms with Gasteiger partial charge >= 0.3 is 0 Å². The van der Waals surface area contributed by atoms with Crippen molar-refractivity contribution in [3.63, 3.8) is 0 Å². The van der Waals surface area contributed by atoms with Gasteiger partial charge in [-0.25, -0.2) is 0 Å². The first-order chi connectivity index (χ1) is 15.7. The van der Waals surface area contributed by atoms with Gasteiger partial charge in [0.15, 0.2) is 0 Å². The van der Waals surface area contributed by atoms with Crippen LogP contribution in [0.5, 0.6) is 11.5 Å². The van der Waals surface area contributed by atoms with Crippen molar-refractivity contribution in [2.24, 2.45) is 0 Å². The van der Waals surface area contributed by atoms with Crippen LogP contribution in [0.1, 0.15) is 48.3 Å². The highest BCUT2D eigenvalue weighted by atomic mass is 16.5. The highest BCUT2D eigenvalue weighted by Gasteiger charge is 2.39. The molecule has 0 spiro atoms. The van der Waals surface area contributed by atoms with E-state index in [-0.39, 0.29) is 22.2 Å². The molecule has 0 unspecified atom stereocenters. The second-order valence-electron chi connectivity index (χ2n) is 8.97. The molecule has 0 saturated heterocycles. The first-order valence-electron chi connectivity index (χ1n) is 10.7.